The number of nitrogens with zero attached hydrogens (tertiary/aromatic N) is 2. The third-order valence-electron chi connectivity index (χ3n) is 3.79. The molecule has 0 atom stereocenters. The van der Waals surface area contributed by atoms with Crippen LogP contribution in [0, 0.1) is 0 Å². The molecule has 2 amide bonds. The highest BCUT2D eigenvalue weighted by molar-refractivity contribution is 9.10. The van der Waals surface area contributed by atoms with Crippen LogP contribution in [-0.2, 0) is 23.1 Å². The molecule has 0 unspecified atom stereocenters. The topological polar surface area (TPSA) is 85.2 Å². The smallest absolute Gasteiger partial charge is 0.276 e. The number of hydrogen-bond acceptors (Lipinski definition) is 4. The van der Waals surface area contributed by atoms with Crippen LogP contribution in [0.25, 0.3) is 11.0 Å². The van der Waals surface area contributed by atoms with E-state index in [2.05, 4.69) is 31.8 Å². The highest BCUT2D eigenvalue weighted by Crippen LogP contribution is 2.27. The van der Waals surface area contributed by atoms with E-state index in [4.69, 9.17) is 16.3 Å². The number of rotatable bonds is 5. The lowest BCUT2D eigenvalue weighted by Crippen LogP contribution is -2.44. The minimum Gasteiger partial charge on any atom is -0.483 e. The predicted octanol–water partition coefficient (Wildman–Crippen LogP) is 2.76. The molecular weight excluding hydrogens is 436 g/mol. The molecule has 2 aromatic carbocycles. The summed E-state index contributed by atoms with van der Waals surface area (Å²) in [5.74, 6) is 0.203. The number of benzene rings is 2. The molecule has 3 rings (SSSR count). The molecule has 3 aromatic rings. The maximum absolute atomic E-state index is 12.1. The van der Waals surface area contributed by atoms with Gasteiger partial charge in [-0.2, -0.15) is 0 Å². The molecule has 0 aliphatic heterocycles. The van der Waals surface area contributed by atoms with Crippen molar-refractivity contribution in [3.8, 4) is 5.75 Å². The Kier molecular flexibility index (Phi) is 5.98. The lowest BCUT2D eigenvalue weighted by molar-refractivity contribution is -0.129. The summed E-state index contributed by atoms with van der Waals surface area (Å²) in [6.45, 7) is -0.257. The zero-order valence-electron chi connectivity index (χ0n) is 14.3. The number of nitrogens with one attached hydrogen (secondary N) is 2. The van der Waals surface area contributed by atoms with Crippen LogP contribution >= 0.6 is 27.5 Å². The van der Waals surface area contributed by atoms with E-state index in [0.29, 0.717) is 21.1 Å². The highest BCUT2D eigenvalue weighted by atomic mass is 79.9. The maximum Gasteiger partial charge on any atom is 0.276 e. The number of hydrazine groups is 1. The lowest BCUT2D eigenvalue weighted by Gasteiger charge is -2.10. The first-order valence-corrected chi connectivity index (χ1v) is 9.17. The largest absolute Gasteiger partial charge is 0.483 e. The quantitative estimate of drug-likeness (QED) is 0.584. The number of imidazole rings is 1. The van der Waals surface area contributed by atoms with Crippen LogP contribution in [0.1, 0.15) is 5.82 Å². The first-order chi connectivity index (χ1) is 12.9. The second kappa shape index (κ2) is 8.41. The molecule has 0 saturated heterocycles. The van der Waals surface area contributed by atoms with Gasteiger partial charge in [-0.3, -0.25) is 20.4 Å². The van der Waals surface area contributed by atoms with Crippen molar-refractivity contribution in [2.75, 3.05) is 6.61 Å². The van der Waals surface area contributed by atoms with Crippen molar-refractivity contribution in [2.45, 2.75) is 6.42 Å². The molecule has 0 bridgehead atoms. The summed E-state index contributed by atoms with van der Waals surface area (Å²) in [7, 11) is 1.84. The fourth-order valence-electron chi connectivity index (χ4n) is 2.45. The van der Waals surface area contributed by atoms with Crippen LogP contribution in [0.4, 0.5) is 0 Å². The van der Waals surface area contributed by atoms with Crippen molar-refractivity contribution in [3.05, 3.63) is 57.8 Å². The molecule has 0 saturated carbocycles. The Balaban J connectivity index is 1.49. The van der Waals surface area contributed by atoms with Gasteiger partial charge in [-0.25, -0.2) is 4.98 Å². The highest BCUT2D eigenvalue weighted by Gasteiger charge is 2.13. The van der Waals surface area contributed by atoms with E-state index in [-0.39, 0.29) is 18.9 Å². The SMILES string of the molecule is Cn1c(CC(=O)NNC(=O)COc2ccc(Cl)cc2Br)nc2ccccc21. The summed E-state index contributed by atoms with van der Waals surface area (Å²) < 4.78 is 7.86. The summed E-state index contributed by atoms with van der Waals surface area (Å²) in [5, 5.41) is 0.549. The van der Waals surface area contributed by atoms with Crippen molar-refractivity contribution in [1.29, 1.82) is 0 Å². The van der Waals surface area contributed by atoms with Gasteiger partial charge in [0.25, 0.3) is 5.91 Å². The molecule has 9 heteroatoms. The Morgan fingerprint density at radius 1 is 1.19 bits per heavy atom. The summed E-state index contributed by atoms with van der Waals surface area (Å²) in [6.07, 6.45) is 0.0368. The third kappa shape index (κ3) is 4.78. The second-order valence-corrected chi connectivity index (χ2v) is 7.00. The number of ether oxygens (including phenoxy) is 1. The van der Waals surface area contributed by atoms with E-state index in [1.807, 2.05) is 35.9 Å². The number of aromatic nitrogens is 2. The van der Waals surface area contributed by atoms with Gasteiger partial charge >= 0.3 is 0 Å². The van der Waals surface area contributed by atoms with E-state index in [1.165, 1.54) is 0 Å². The lowest BCUT2D eigenvalue weighted by atomic mass is 10.3. The molecule has 140 valence electrons. The van der Waals surface area contributed by atoms with Crippen LogP contribution in [0.3, 0.4) is 0 Å². The Morgan fingerprint density at radius 2 is 1.93 bits per heavy atom. The summed E-state index contributed by atoms with van der Waals surface area (Å²) in [6, 6.07) is 12.6. The maximum atomic E-state index is 12.1. The summed E-state index contributed by atoms with van der Waals surface area (Å²) >= 11 is 9.15. The predicted molar refractivity (Wildman–Crippen MR) is 105 cm³/mol. The molecule has 7 nitrogen and oxygen atoms in total. The van der Waals surface area contributed by atoms with E-state index in [9.17, 15) is 9.59 Å². The number of para-hydroxylation sites is 2. The monoisotopic (exact) mass is 450 g/mol. The molecule has 1 heterocycles. The van der Waals surface area contributed by atoms with E-state index < -0.39 is 5.91 Å². The number of carbonyl (C=O) groups is 2. The van der Waals surface area contributed by atoms with Crippen molar-refractivity contribution in [1.82, 2.24) is 20.4 Å². The zero-order valence-corrected chi connectivity index (χ0v) is 16.7. The Morgan fingerprint density at radius 3 is 2.67 bits per heavy atom. The zero-order chi connectivity index (χ0) is 19.4. The van der Waals surface area contributed by atoms with Crippen molar-refractivity contribution in [3.63, 3.8) is 0 Å². The molecule has 0 fully saturated rings. The van der Waals surface area contributed by atoms with Gasteiger partial charge in [0.1, 0.15) is 11.6 Å². The molecule has 0 aliphatic rings. The minimum absolute atomic E-state index is 0.0368. The average Bonchev–Trinajstić information content (AvgIpc) is 2.95. The van der Waals surface area contributed by atoms with E-state index >= 15 is 0 Å². The normalized spacial score (nSPS) is 10.6. The fraction of sp³-hybridized carbons (Fsp3) is 0.167. The van der Waals surface area contributed by atoms with Crippen LogP contribution in [0.2, 0.25) is 5.02 Å². The van der Waals surface area contributed by atoms with Crippen molar-refractivity contribution < 1.29 is 14.3 Å². The second-order valence-electron chi connectivity index (χ2n) is 5.71. The van der Waals surface area contributed by atoms with Gasteiger partial charge in [-0.1, -0.05) is 23.7 Å². The Hall–Kier alpha value is -2.58. The molecule has 2 N–H and O–H groups in total. The van der Waals surface area contributed by atoms with Gasteiger partial charge in [0.15, 0.2) is 6.61 Å². The first kappa shape index (κ1) is 19.2. The fourth-order valence-corrected chi connectivity index (χ4v) is 3.25. The summed E-state index contributed by atoms with van der Waals surface area (Å²) in [5.41, 5.74) is 6.42. The molecule has 1 aromatic heterocycles. The van der Waals surface area contributed by atoms with E-state index in [0.717, 1.165) is 11.0 Å². The van der Waals surface area contributed by atoms with Gasteiger partial charge in [0.05, 0.1) is 21.9 Å². The third-order valence-corrected chi connectivity index (χ3v) is 4.65. The number of carbonyl (C=O) groups excluding carboxylic acids is 2. The van der Waals surface area contributed by atoms with Crippen LogP contribution in [-0.4, -0.2) is 28.0 Å². The van der Waals surface area contributed by atoms with Gasteiger partial charge in [0, 0.05) is 12.1 Å². The van der Waals surface area contributed by atoms with Gasteiger partial charge in [-0.15, -0.1) is 0 Å². The van der Waals surface area contributed by atoms with Gasteiger partial charge in [-0.05, 0) is 46.3 Å². The minimum atomic E-state index is -0.491. The van der Waals surface area contributed by atoms with E-state index in [1.54, 1.807) is 18.2 Å². The number of aryl methyl sites for hydroxylation is 1. The Labute approximate surface area is 168 Å². The van der Waals surface area contributed by atoms with Crippen LogP contribution < -0.4 is 15.6 Å². The molecule has 0 radical (unpaired) electrons. The van der Waals surface area contributed by atoms with Crippen molar-refractivity contribution in [2.24, 2.45) is 7.05 Å². The van der Waals surface area contributed by atoms with Crippen LogP contribution in [0.15, 0.2) is 46.9 Å². The van der Waals surface area contributed by atoms with Gasteiger partial charge < -0.3 is 9.30 Å². The molecule has 0 aliphatic carbocycles. The summed E-state index contributed by atoms with van der Waals surface area (Å²) in [4.78, 5) is 28.3. The average molecular weight is 452 g/mol. The number of fused-ring (bicyclic) bond motifs is 1. The van der Waals surface area contributed by atoms with Crippen LogP contribution in [0.5, 0.6) is 5.75 Å². The first-order valence-electron chi connectivity index (χ1n) is 8.00. The standard InChI is InChI=1S/C18H16BrClN4O3/c1-24-14-5-3-2-4-13(14)21-16(24)9-17(25)22-23-18(26)10-27-15-7-6-11(20)8-12(15)19/h2-8H,9-10H2,1H3,(H,22,25)(H,23,26). The Bertz CT molecular complexity index is 1010. The number of hydrogen-bond donors (Lipinski definition) is 2. The number of halogens is 2. The van der Waals surface area contributed by atoms with Gasteiger partial charge in [0.2, 0.25) is 5.91 Å². The molecule has 27 heavy (non-hydrogen) atoms. The molecule has 0 spiro atoms. The number of amides is 2. The van der Waals surface area contributed by atoms with Crippen molar-refractivity contribution >= 4 is 50.4 Å². The molecular formula is C18H16BrClN4O3.